The van der Waals surface area contributed by atoms with E-state index in [2.05, 4.69) is 21.7 Å². The highest BCUT2D eigenvalue weighted by atomic mass is 33.1. The second-order valence-corrected chi connectivity index (χ2v) is 12.0. The van der Waals surface area contributed by atoms with Crippen LogP contribution in [-0.2, 0) is 14.8 Å². The third kappa shape index (κ3) is 5.31. The molecule has 0 aromatic rings. The van der Waals surface area contributed by atoms with E-state index in [1.807, 2.05) is 0 Å². The van der Waals surface area contributed by atoms with Crippen molar-refractivity contribution >= 4 is 37.7 Å². The first-order chi connectivity index (χ1) is 12.5. The number of carbonyl (C=O) groups excluding carboxylic acids is 1. The highest BCUT2D eigenvalue weighted by molar-refractivity contribution is 8.76. The molecule has 3 rings (SSSR count). The highest BCUT2D eigenvalue weighted by Gasteiger charge is 2.44. The van der Waals surface area contributed by atoms with Crippen molar-refractivity contribution in [2.24, 2.45) is 5.92 Å². The Morgan fingerprint density at radius 1 is 1.15 bits per heavy atom. The molecule has 3 fully saturated rings. The van der Waals surface area contributed by atoms with Gasteiger partial charge in [0.2, 0.25) is 15.9 Å². The Morgan fingerprint density at radius 3 is 2.65 bits per heavy atom. The standard InChI is InChI=1S/C17H31N3O3S3/c1-2-12-6-8-13(9-7-12)19-16(21)10-11-18-26(22,23)15-5-3-4-14-17(15)20-25-24-14/h12-15,17-18,20H,2-11H2,1H3,(H,19,21). The van der Waals surface area contributed by atoms with Crippen molar-refractivity contribution in [3.63, 3.8) is 0 Å². The normalized spacial score (nSPS) is 35.0. The van der Waals surface area contributed by atoms with Gasteiger partial charge in [0.25, 0.3) is 0 Å². The molecule has 26 heavy (non-hydrogen) atoms. The van der Waals surface area contributed by atoms with Crippen LogP contribution < -0.4 is 14.8 Å². The van der Waals surface area contributed by atoms with Gasteiger partial charge in [0.05, 0.1) is 5.25 Å². The molecule has 0 bridgehead atoms. The van der Waals surface area contributed by atoms with Gasteiger partial charge in [-0.25, -0.2) is 17.9 Å². The van der Waals surface area contributed by atoms with Gasteiger partial charge in [-0.2, -0.15) is 0 Å². The Bertz CT molecular complexity index is 579. The number of hydrogen-bond acceptors (Lipinski definition) is 6. The summed E-state index contributed by atoms with van der Waals surface area (Å²) in [5.74, 6) is 0.758. The topological polar surface area (TPSA) is 87.3 Å². The third-order valence-corrected chi connectivity index (χ3v) is 10.5. The van der Waals surface area contributed by atoms with Crippen LogP contribution >= 0.6 is 21.8 Å². The molecule has 0 radical (unpaired) electrons. The minimum absolute atomic E-state index is 0.0128. The summed E-state index contributed by atoms with van der Waals surface area (Å²) in [6.07, 6.45) is 8.60. The molecule has 9 heteroatoms. The maximum absolute atomic E-state index is 12.7. The van der Waals surface area contributed by atoms with Crippen LogP contribution in [0.1, 0.15) is 64.7 Å². The third-order valence-electron chi connectivity index (χ3n) is 5.98. The van der Waals surface area contributed by atoms with Crippen LogP contribution in [0.25, 0.3) is 0 Å². The fourth-order valence-corrected chi connectivity index (χ4v) is 9.07. The molecule has 3 unspecified atom stereocenters. The average molecular weight is 422 g/mol. The molecule has 0 spiro atoms. The molecule has 0 aromatic heterocycles. The Morgan fingerprint density at radius 2 is 1.92 bits per heavy atom. The fraction of sp³-hybridized carbons (Fsp3) is 0.941. The molecular formula is C17H31N3O3S3. The van der Waals surface area contributed by atoms with Crippen LogP contribution in [0.15, 0.2) is 0 Å². The summed E-state index contributed by atoms with van der Waals surface area (Å²) < 4.78 is 31.3. The van der Waals surface area contributed by atoms with E-state index < -0.39 is 15.3 Å². The van der Waals surface area contributed by atoms with E-state index in [1.54, 1.807) is 21.8 Å². The minimum atomic E-state index is -3.40. The molecule has 6 nitrogen and oxygen atoms in total. The zero-order valence-electron chi connectivity index (χ0n) is 15.4. The van der Waals surface area contributed by atoms with Gasteiger partial charge in [-0.05, 0) is 55.4 Å². The molecule has 150 valence electrons. The number of rotatable bonds is 7. The summed E-state index contributed by atoms with van der Waals surface area (Å²) in [5, 5.41) is 3.05. The van der Waals surface area contributed by atoms with Crippen LogP contribution in [0.3, 0.4) is 0 Å². The van der Waals surface area contributed by atoms with Gasteiger partial charge in [0, 0.05) is 30.3 Å². The number of sulfonamides is 1. The van der Waals surface area contributed by atoms with E-state index in [4.69, 9.17) is 0 Å². The predicted molar refractivity (Wildman–Crippen MR) is 109 cm³/mol. The van der Waals surface area contributed by atoms with Gasteiger partial charge in [-0.15, -0.1) is 0 Å². The van der Waals surface area contributed by atoms with E-state index in [0.717, 1.165) is 31.6 Å². The van der Waals surface area contributed by atoms with E-state index in [-0.39, 0.29) is 31.0 Å². The van der Waals surface area contributed by atoms with E-state index in [9.17, 15) is 13.2 Å². The van der Waals surface area contributed by atoms with E-state index >= 15 is 0 Å². The van der Waals surface area contributed by atoms with Crippen molar-refractivity contribution in [2.75, 3.05) is 6.54 Å². The fourth-order valence-electron chi connectivity index (χ4n) is 4.30. The Kier molecular flexibility index (Phi) is 7.58. The lowest BCUT2D eigenvalue weighted by Gasteiger charge is -2.31. The van der Waals surface area contributed by atoms with E-state index in [1.165, 1.54) is 19.3 Å². The molecule has 3 aliphatic rings. The summed E-state index contributed by atoms with van der Waals surface area (Å²) in [7, 11) is -0.0915. The van der Waals surface area contributed by atoms with Crippen molar-refractivity contribution in [1.29, 1.82) is 0 Å². The first kappa shape index (κ1) is 20.8. The van der Waals surface area contributed by atoms with Crippen LogP contribution in [0.4, 0.5) is 0 Å². The Labute approximate surface area is 165 Å². The number of nitrogens with one attached hydrogen (secondary N) is 3. The Balaban J connectivity index is 1.40. The predicted octanol–water partition coefficient (Wildman–Crippen LogP) is 2.57. The van der Waals surface area contributed by atoms with Gasteiger partial charge in [0.1, 0.15) is 0 Å². The molecule has 2 saturated carbocycles. The molecule has 1 amide bonds. The van der Waals surface area contributed by atoms with Gasteiger partial charge in [0.15, 0.2) is 0 Å². The molecule has 0 aromatic carbocycles. The van der Waals surface area contributed by atoms with Crippen molar-refractivity contribution in [2.45, 2.75) is 87.3 Å². The zero-order valence-corrected chi connectivity index (χ0v) is 17.9. The summed E-state index contributed by atoms with van der Waals surface area (Å²) in [5.41, 5.74) is 0. The SMILES string of the molecule is CCC1CCC(NC(=O)CCNS(=O)(=O)C2CCCC3SSNC32)CC1. The average Bonchev–Trinajstić information content (AvgIpc) is 3.10. The first-order valence-electron chi connectivity index (χ1n) is 9.85. The van der Waals surface area contributed by atoms with Gasteiger partial charge >= 0.3 is 0 Å². The lowest BCUT2D eigenvalue weighted by molar-refractivity contribution is -0.121. The lowest BCUT2D eigenvalue weighted by atomic mass is 9.84. The minimum Gasteiger partial charge on any atom is -0.353 e. The monoisotopic (exact) mass is 421 g/mol. The van der Waals surface area contributed by atoms with Gasteiger partial charge in [-0.1, -0.05) is 30.6 Å². The smallest absolute Gasteiger partial charge is 0.221 e. The maximum atomic E-state index is 12.7. The molecule has 3 N–H and O–H groups in total. The van der Waals surface area contributed by atoms with Gasteiger partial charge < -0.3 is 5.32 Å². The Hall–Kier alpha value is 0.0400. The number of carbonyl (C=O) groups is 1. The number of fused-ring (bicyclic) bond motifs is 1. The maximum Gasteiger partial charge on any atom is 0.221 e. The van der Waals surface area contributed by atoms with Crippen LogP contribution in [0.2, 0.25) is 0 Å². The molecule has 3 atom stereocenters. The molecular weight excluding hydrogens is 390 g/mol. The van der Waals surface area contributed by atoms with Crippen LogP contribution in [0, 0.1) is 5.92 Å². The van der Waals surface area contributed by atoms with Crippen LogP contribution in [-0.4, -0.2) is 43.5 Å². The second-order valence-electron chi connectivity index (χ2n) is 7.71. The summed E-state index contributed by atoms with van der Waals surface area (Å²) >= 11 is 0. The quantitative estimate of drug-likeness (QED) is 0.433. The van der Waals surface area contributed by atoms with E-state index in [0.29, 0.717) is 11.7 Å². The highest BCUT2D eigenvalue weighted by Crippen LogP contribution is 2.43. The molecule has 1 heterocycles. The lowest BCUT2D eigenvalue weighted by Crippen LogP contribution is -2.51. The first-order valence-corrected chi connectivity index (χ1v) is 13.6. The van der Waals surface area contributed by atoms with Crippen molar-refractivity contribution < 1.29 is 13.2 Å². The second kappa shape index (κ2) is 9.49. The zero-order chi connectivity index (χ0) is 18.6. The molecule has 1 aliphatic heterocycles. The summed E-state index contributed by atoms with van der Waals surface area (Å²) in [6.45, 7) is 2.41. The van der Waals surface area contributed by atoms with Crippen molar-refractivity contribution in [3.8, 4) is 0 Å². The van der Waals surface area contributed by atoms with Crippen LogP contribution in [0.5, 0.6) is 0 Å². The summed E-state index contributed by atoms with van der Waals surface area (Å²) in [4.78, 5) is 12.1. The van der Waals surface area contributed by atoms with Crippen molar-refractivity contribution in [3.05, 3.63) is 0 Å². The molecule has 1 saturated heterocycles. The number of amides is 1. The molecule has 2 aliphatic carbocycles. The summed E-state index contributed by atoms with van der Waals surface area (Å²) in [6, 6.07) is 0.275. The van der Waals surface area contributed by atoms with Crippen molar-refractivity contribution in [1.82, 2.24) is 14.8 Å². The number of hydrogen-bond donors (Lipinski definition) is 3. The van der Waals surface area contributed by atoms with Gasteiger partial charge in [-0.3, -0.25) is 4.79 Å². The largest absolute Gasteiger partial charge is 0.353 e.